The molecule has 0 spiro atoms. The predicted octanol–water partition coefficient (Wildman–Crippen LogP) is 4.34. The lowest BCUT2D eigenvalue weighted by Gasteiger charge is -2.18. The molecule has 0 bridgehead atoms. The fourth-order valence-electron chi connectivity index (χ4n) is 2.60. The van der Waals surface area contributed by atoms with Crippen LogP contribution >= 0.6 is 0 Å². The van der Waals surface area contributed by atoms with Crippen LogP contribution in [0.2, 0.25) is 0 Å². The lowest BCUT2D eigenvalue weighted by Crippen LogP contribution is -2.27. The number of carbonyl (C=O) groups is 1. The Morgan fingerprint density at radius 2 is 1.52 bits per heavy atom. The zero-order chi connectivity index (χ0) is 19.1. The van der Waals surface area contributed by atoms with E-state index in [4.69, 9.17) is 4.74 Å². The molecule has 0 aliphatic rings. The minimum Gasteiger partial charge on any atom is -0.426 e. The zero-order valence-corrected chi connectivity index (χ0v) is 15.8. The molecule has 27 heavy (non-hydrogen) atoms. The maximum atomic E-state index is 12.7. The summed E-state index contributed by atoms with van der Waals surface area (Å²) in [6.07, 6.45) is 0.0660. The smallest absolute Gasteiger partial charge is 0.313 e. The second kappa shape index (κ2) is 9.26. The summed E-state index contributed by atoms with van der Waals surface area (Å²) < 4.78 is 21.2. The molecule has 0 amide bonds. The van der Waals surface area contributed by atoms with Crippen molar-refractivity contribution in [3.8, 4) is 5.75 Å². The molecule has 3 rings (SSSR count). The van der Waals surface area contributed by atoms with Crippen LogP contribution in [0.15, 0.2) is 89.8 Å². The first kappa shape index (κ1) is 19.0. The Labute approximate surface area is 161 Å². The third-order valence-electron chi connectivity index (χ3n) is 4.03. The van der Waals surface area contributed by atoms with Crippen molar-refractivity contribution >= 4 is 17.0 Å². The van der Waals surface area contributed by atoms with Crippen LogP contribution in [0.25, 0.3) is 0 Å². The Morgan fingerprint density at radius 3 is 2.15 bits per heavy atom. The van der Waals surface area contributed by atoms with Crippen LogP contribution in [-0.4, -0.2) is 10.2 Å². The van der Waals surface area contributed by atoms with Crippen LogP contribution in [0.3, 0.4) is 0 Å². The number of rotatable bonds is 7. The van der Waals surface area contributed by atoms with Crippen LogP contribution in [0, 0.1) is 6.92 Å². The van der Waals surface area contributed by atoms with E-state index in [1.165, 1.54) is 0 Å². The maximum Gasteiger partial charge on any atom is 0.313 e. The van der Waals surface area contributed by atoms with Gasteiger partial charge in [0.25, 0.3) is 0 Å². The summed E-state index contributed by atoms with van der Waals surface area (Å²) in [6.45, 7) is 1.98. The number of nitrogens with one attached hydrogen (secondary N) is 1. The van der Waals surface area contributed by atoms with E-state index in [9.17, 15) is 9.00 Å². The fraction of sp³-hybridized carbons (Fsp3) is 0.136. The van der Waals surface area contributed by atoms with Crippen molar-refractivity contribution in [3.63, 3.8) is 0 Å². The average molecular weight is 379 g/mol. The van der Waals surface area contributed by atoms with Gasteiger partial charge in [0.05, 0.1) is 17.4 Å². The summed E-state index contributed by atoms with van der Waals surface area (Å²) in [5.74, 6) is 0.109. The minimum absolute atomic E-state index is 0.0660. The first-order valence-electron chi connectivity index (χ1n) is 8.67. The van der Waals surface area contributed by atoms with Gasteiger partial charge in [-0.15, -0.1) is 0 Å². The molecule has 2 atom stereocenters. The Hall–Kier alpha value is -2.76. The maximum absolute atomic E-state index is 12.7. The molecule has 0 aliphatic heterocycles. The van der Waals surface area contributed by atoms with E-state index >= 15 is 0 Å². The molecule has 138 valence electrons. The second-order valence-corrected chi connectivity index (χ2v) is 7.40. The summed E-state index contributed by atoms with van der Waals surface area (Å²) >= 11 is 0. The fourth-order valence-corrected chi connectivity index (χ4v) is 3.60. The Bertz CT molecular complexity index is 896. The topological polar surface area (TPSA) is 55.4 Å². The van der Waals surface area contributed by atoms with Gasteiger partial charge >= 0.3 is 5.97 Å². The summed E-state index contributed by atoms with van der Waals surface area (Å²) in [5.41, 5.74) is 1.98. The van der Waals surface area contributed by atoms with Crippen molar-refractivity contribution in [1.82, 2.24) is 4.72 Å². The number of para-hydroxylation sites is 1. The van der Waals surface area contributed by atoms with Crippen LogP contribution in [0.1, 0.15) is 23.6 Å². The van der Waals surface area contributed by atoms with Gasteiger partial charge in [0.2, 0.25) is 0 Å². The molecule has 0 aromatic heterocycles. The highest BCUT2D eigenvalue weighted by molar-refractivity contribution is 7.83. The minimum atomic E-state index is -1.44. The Morgan fingerprint density at radius 1 is 0.926 bits per heavy atom. The molecule has 0 saturated carbocycles. The van der Waals surface area contributed by atoms with Gasteiger partial charge in [-0.05, 0) is 36.8 Å². The molecule has 1 unspecified atom stereocenters. The van der Waals surface area contributed by atoms with Crippen molar-refractivity contribution in [3.05, 3.63) is 96.1 Å². The number of aryl methyl sites for hydroxylation is 1. The molecule has 0 heterocycles. The molecule has 4 nitrogen and oxygen atoms in total. The quantitative estimate of drug-likeness (QED) is 0.491. The first-order valence-corrected chi connectivity index (χ1v) is 9.82. The van der Waals surface area contributed by atoms with Gasteiger partial charge in [0.1, 0.15) is 16.7 Å². The van der Waals surface area contributed by atoms with Crippen molar-refractivity contribution in [1.29, 1.82) is 0 Å². The Kier molecular flexibility index (Phi) is 6.52. The third kappa shape index (κ3) is 5.61. The lowest BCUT2D eigenvalue weighted by molar-refractivity contribution is -0.134. The summed E-state index contributed by atoms with van der Waals surface area (Å²) in [4.78, 5) is 13.1. The number of carbonyl (C=O) groups excluding carboxylic acids is 1. The molecule has 0 fully saturated rings. The van der Waals surface area contributed by atoms with E-state index in [1.54, 1.807) is 12.1 Å². The predicted molar refractivity (Wildman–Crippen MR) is 107 cm³/mol. The number of esters is 1. The lowest BCUT2D eigenvalue weighted by atomic mass is 10.1. The van der Waals surface area contributed by atoms with E-state index in [0.717, 1.165) is 11.1 Å². The summed E-state index contributed by atoms with van der Waals surface area (Å²) in [7, 11) is -1.44. The largest absolute Gasteiger partial charge is 0.426 e. The zero-order valence-electron chi connectivity index (χ0n) is 15.0. The van der Waals surface area contributed by atoms with E-state index in [2.05, 4.69) is 4.72 Å². The van der Waals surface area contributed by atoms with Gasteiger partial charge in [-0.25, -0.2) is 8.93 Å². The molecular formula is C22H21NO3S. The van der Waals surface area contributed by atoms with Gasteiger partial charge < -0.3 is 4.74 Å². The van der Waals surface area contributed by atoms with E-state index in [1.807, 2.05) is 79.7 Å². The summed E-state index contributed by atoms with van der Waals surface area (Å²) in [6, 6.07) is 25.5. The molecule has 0 saturated heterocycles. The van der Waals surface area contributed by atoms with Crippen molar-refractivity contribution in [2.75, 3.05) is 0 Å². The molecule has 0 aliphatic carbocycles. The highest BCUT2D eigenvalue weighted by Gasteiger charge is 2.20. The molecule has 0 radical (unpaired) electrons. The van der Waals surface area contributed by atoms with Gasteiger partial charge in [-0.2, -0.15) is 0 Å². The van der Waals surface area contributed by atoms with E-state index in [-0.39, 0.29) is 12.4 Å². The molecular weight excluding hydrogens is 358 g/mol. The molecule has 3 aromatic rings. The van der Waals surface area contributed by atoms with Crippen molar-refractivity contribution < 1.29 is 13.7 Å². The monoisotopic (exact) mass is 379 g/mol. The number of benzene rings is 3. The molecule has 3 aromatic carbocycles. The first-order chi connectivity index (χ1) is 13.1. The van der Waals surface area contributed by atoms with Crippen molar-refractivity contribution in [2.45, 2.75) is 24.3 Å². The van der Waals surface area contributed by atoms with Gasteiger partial charge in [0.15, 0.2) is 0 Å². The summed E-state index contributed by atoms with van der Waals surface area (Å²) in [5, 5.41) is 0. The van der Waals surface area contributed by atoms with Crippen molar-refractivity contribution in [2.24, 2.45) is 0 Å². The van der Waals surface area contributed by atoms with Crippen LogP contribution in [0.5, 0.6) is 5.75 Å². The van der Waals surface area contributed by atoms with E-state index in [0.29, 0.717) is 10.6 Å². The van der Waals surface area contributed by atoms with Gasteiger partial charge in [-0.1, -0.05) is 66.2 Å². The van der Waals surface area contributed by atoms with Crippen LogP contribution in [0.4, 0.5) is 0 Å². The second-order valence-electron chi connectivity index (χ2n) is 6.15. The average Bonchev–Trinajstić information content (AvgIpc) is 2.69. The van der Waals surface area contributed by atoms with Crippen LogP contribution < -0.4 is 9.46 Å². The number of hydrogen-bond donors (Lipinski definition) is 1. The molecule has 5 heteroatoms. The standard InChI is InChI=1S/C22H21NO3S/c1-17-12-14-20(15-13-17)27(25)23-21(18-8-4-2-5-9-18)16-22(24)26-19-10-6-3-7-11-19/h2-15,21,23H,16H2,1H3/t21-,27?/m1/s1. The highest BCUT2D eigenvalue weighted by atomic mass is 32.2. The third-order valence-corrected chi connectivity index (χ3v) is 5.23. The highest BCUT2D eigenvalue weighted by Crippen LogP contribution is 2.21. The number of hydrogen-bond acceptors (Lipinski definition) is 3. The van der Waals surface area contributed by atoms with Crippen LogP contribution in [-0.2, 0) is 15.8 Å². The molecule has 1 N–H and O–H groups in total. The van der Waals surface area contributed by atoms with Gasteiger partial charge in [-0.3, -0.25) is 4.79 Å². The SMILES string of the molecule is Cc1ccc(S(=O)N[C@H](CC(=O)Oc2ccccc2)c2ccccc2)cc1. The van der Waals surface area contributed by atoms with E-state index < -0.39 is 17.0 Å². The number of ether oxygens (including phenoxy) is 1. The van der Waals surface area contributed by atoms with Gasteiger partial charge in [0, 0.05) is 0 Å². The Balaban J connectivity index is 1.74. The normalized spacial score (nSPS) is 12.9.